The number of hydrazine groups is 1. The largest absolute Gasteiger partial charge is 0.323 e. The maximum atomic E-state index is 5.87. The summed E-state index contributed by atoms with van der Waals surface area (Å²) < 4.78 is 0.784. The molecular formula is C10H10Cl2N2S. The van der Waals surface area contributed by atoms with E-state index in [2.05, 4.69) is 5.43 Å². The summed E-state index contributed by atoms with van der Waals surface area (Å²) in [5, 5.41) is 0. The van der Waals surface area contributed by atoms with Gasteiger partial charge in [-0.15, -0.1) is 23.7 Å². The third-order valence-corrected chi connectivity index (χ3v) is 3.19. The van der Waals surface area contributed by atoms with Crippen molar-refractivity contribution in [2.45, 2.75) is 0 Å². The Morgan fingerprint density at radius 1 is 1.13 bits per heavy atom. The fraction of sp³-hybridized carbons (Fsp3) is 0. The first-order valence-electron chi connectivity index (χ1n) is 4.12. The van der Waals surface area contributed by atoms with Crippen LogP contribution >= 0.6 is 35.3 Å². The van der Waals surface area contributed by atoms with Crippen LogP contribution in [-0.4, -0.2) is 0 Å². The number of nitrogens with two attached hydrogens (primary N) is 1. The number of anilines is 1. The van der Waals surface area contributed by atoms with Crippen LogP contribution in [0.4, 0.5) is 5.69 Å². The summed E-state index contributed by atoms with van der Waals surface area (Å²) in [6.07, 6.45) is 0. The first-order valence-corrected chi connectivity index (χ1v) is 5.32. The summed E-state index contributed by atoms with van der Waals surface area (Å²) in [7, 11) is 0. The maximum Gasteiger partial charge on any atom is 0.0934 e. The fourth-order valence-electron chi connectivity index (χ4n) is 1.28. The van der Waals surface area contributed by atoms with Crippen molar-refractivity contribution in [3.8, 4) is 10.4 Å². The van der Waals surface area contributed by atoms with Crippen LogP contribution < -0.4 is 11.3 Å². The Bertz CT molecular complexity index is 442. The van der Waals surface area contributed by atoms with Gasteiger partial charge in [-0.25, -0.2) is 0 Å². The van der Waals surface area contributed by atoms with E-state index in [4.69, 9.17) is 17.4 Å². The van der Waals surface area contributed by atoms with Crippen LogP contribution in [0.1, 0.15) is 0 Å². The molecule has 0 radical (unpaired) electrons. The van der Waals surface area contributed by atoms with Crippen molar-refractivity contribution in [2.24, 2.45) is 5.84 Å². The number of benzene rings is 1. The van der Waals surface area contributed by atoms with Gasteiger partial charge in [0.25, 0.3) is 0 Å². The molecule has 15 heavy (non-hydrogen) atoms. The maximum absolute atomic E-state index is 5.87. The van der Waals surface area contributed by atoms with Crippen molar-refractivity contribution in [2.75, 3.05) is 5.43 Å². The average molecular weight is 261 g/mol. The van der Waals surface area contributed by atoms with E-state index >= 15 is 0 Å². The second kappa shape index (κ2) is 5.37. The molecule has 80 valence electrons. The number of hydrogen-bond acceptors (Lipinski definition) is 3. The quantitative estimate of drug-likeness (QED) is 0.637. The predicted octanol–water partition coefficient (Wildman–Crippen LogP) is 3.78. The second-order valence-corrected chi connectivity index (χ2v) is 4.51. The van der Waals surface area contributed by atoms with E-state index in [9.17, 15) is 0 Å². The second-order valence-electron chi connectivity index (χ2n) is 2.79. The zero-order chi connectivity index (χ0) is 9.97. The van der Waals surface area contributed by atoms with E-state index in [1.807, 2.05) is 36.4 Å². The summed E-state index contributed by atoms with van der Waals surface area (Å²) in [4.78, 5) is 1.11. The third kappa shape index (κ3) is 2.63. The molecule has 0 spiro atoms. The summed E-state index contributed by atoms with van der Waals surface area (Å²) in [5.41, 5.74) is 4.65. The standard InChI is InChI=1S/C10H9ClN2S.ClH/c11-10-6-5-9(14-10)7-3-1-2-4-8(7)13-12;/h1-6,13H,12H2;1H. The lowest BCUT2D eigenvalue weighted by atomic mass is 10.1. The van der Waals surface area contributed by atoms with E-state index in [0.29, 0.717) is 0 Å². The molecule has 1 aromatic heterocycles. The van der Waals surface area contributed by atoms with Gasteiger partial charge < -0.3 is 5.43 Å². The molecule has 0 amide bonds. The first-order chi connectivity index (χ1) is 6.81. The highest BCUT2D eigenvalue weighted by Crippen LogP contribution is 2.34. The first kappa shape index (κ1) is 12.3. The Morgan fingerprint density at radius 2 is 1.87 bits per heavy atom. The van der Waals surface area contributed by atoms with Gasteiger partial charge in [-0.3, -0.25) is 5.84 Å². The third-order valence-electron chi connectivity index (χ3n) is 1.92. The van der Waals surface area contributed by atoms with Crippen molar-refractivity contribution < 1.29 is 0 Å². The van der Waals surface area contributed by atoms with Crippen molar-refractivity contribution in [3.05, 3.63) is 40.7 Å². The van der Waals surface area contributed by atoms with Gasteiger partial charge in [0.15, 0.2) is 0 Å². The van der Waals surface area contributed by atoms with Crippen molar-refractivity contribution in [1.82, 2.24) is 0 Å². The molecule has 0 unspecified atom stereocenters. The molecule has 0 saturated carbocycles. The van der Waals surface area contributed by atoms with Gasteiger partial charge in [0, 0.05) is 10.4 Å². The molecular weight excluding hydrogens is 251 g/mol. The Balaban J connectivity index is 0.00000112. The number of nitrogen functional groups attached to an aromatic ring is 1. The molecule has 0 bridgehead atoms. The van der Waals surface area contributed by atoms with E-state index in [-0.39, 0.29) is 12.4 Å². The minimum absolute atomic E-state index is 0. The smallest absolute Gasteiger partial charge is 0.0934 e. The van der Waals surface area contributed by atoms with Gasteiger partial charge in [-0.2, -0.15) is 0 Å². The SMILES string of the molecule is Cl.NNc1ccccc1-c1ccc(Cl)s1. The van der Waals surface area contributed by atoms with E-state index < -0.39 is 0 Å². The molecule has 1 aromatic carbocycles. The van der Waals surface area contributed by atoms with E-state index in [0.717, 1.165) is 20.5 Å². The minimum atomic E-state index is 0. The molecule has 3 N–H and O–H groups in total. The van der Waals surface area contributed by atoms with E-state index in [1.54, 1.807) is 11.3 Å². The predicted molar refractivity (Wildman–Crippen MR) is 69.8 cm³/mol. The lowest BCUT2D eigenvalue weighted by molar-refractivity contribution is 1.35. The van der Waals surface area contributed by atoms with Crippen LogP contribution in [0.3, 0.4) is 0 Å². The molecule has 2 rings (SSSR count). The summed E-state index contributed by atoms with van der Waals surface area (Å²) >= 11 is 7.41. The normalized spacial score (nSPS) is 9.47. The fourth-order valence-corrected chi connectivity index (χ4v) is 2.37. The number of hydrogen-bond donors (Lipinski definition) is 2. The highest BCUT2D eigenvalue weighted by atomic mass is 35.5. The molecule has 0 aliphatic heterocycles. The molecule has 0 atom stereocenters. The number of nitrogens with one attached hydrogen (secondary N) is 1. The van der Waals surface area contributed by atoms with Crippen LogP contribution in [-0.2, 0) is 0 Å². The van der Waals surface area contributed by atoms with Crippen LogP contribution in [0, 0.1) is 0 Å². The zero-order valence-electron chi connectivity index (χ0n) is 7.74. The number of thiophene rings is 1. The molecule has 0 saturated heterocycles. The monoisotopic (exact) mass is 260 g/mol. The van der Waals surface area contributed by atoms with Gasteiger partial charge in [-0.1, -0.05) is 29.8 Å². The Labute approximate surface area is 103 Å². The van der Waals surface area contributed by atoms with Crippen LogP contribution in [0.5, 0.6) is 0 Å². The van der Waals surface area contributed by atoms with Crippen molar-refractivity contribution in [3.63, 3.8) is 0 Å². The Kier molecular flexibility index (Phi) is 4.42. The van der Waals surface area contributed by atoms with Crippen LogP contribution in [0.15, 0.2) is 36.4 Å². The number of para-hydroxylation sites is 1. The molecule has 5 heteroatoms. The molecule has 2 aromatic rings. The number of rotatable bonds is 2. The molecule has 0 fully saturated rings. The van der Waals surface area contributed by atoms with Gasteiger partial charge in [0.05, 0.1) is 10.0 Å². The topological polar surface area (TPSA) is 38.0 Å². The van der Waals surface area contributed by atoms with Gasteiger partial charge in [-0.05, 0) is 18.2 Å². The van der Waals surface area contributed by atoms with Crippen LogP contribution in [0.2, 0.25) is 4.34 Å². The Morgan fingerprint density at radius 3 is 2.47 bits per heavy atom. The van der Waals surface area contributed by atoms with Crippen LogP contribution in [0.25, 0.3) is 10.4 Å². The van der Waals surface area contributed by atoms with E-state index in [1.165, 1.54) is 0 Å². The zero-order valence-corrected chi connectivity index (χ0v) is 10.1. The average Bonchev–Trinajstić information content (AvgIpc) is 2.65. The van der Waals surface area contributed by atoms with Gasteiger partial charge in [0.1, 0.15) is 0 Å². The van der Waals surface area contributed by atoms with Crippen molar-refractivity contribution in [1.29, 1.82) is 0 Å². The van der Waals surface area contributed by atoms with Crippen molar-refractivity contribution >= 4 is 41.0 Å². The summed E-state index contributed by atoms with van der Waals surface area (Å²) in [6, 6.07) is 11.7. The molecule has 2 nitrogen and oxygen atoms in total. The summed E-state index contributed by atoms with van der Waals surface area (Å²) in [5.74, 6) is 5.42. The highest BCUT2D eigenvalue weighted by molar-refractivity contribution is 7.19. The lowest BCUT2D eigenvalue weighted by Crippen LogP contribution is -2.07. The number of halogens is 2. The van der Waals surface area contributed by atoms with Gasteiger partial charge >= 0.3 is 0 Å². The van der Waals surface area contributed by atoms with Gasteiger partial charge in [0.2, 0.25) is 0 Å². The summed E-state index contributed by atoms with van der Waals surface area (Å²) in [6.45, 7) is 0. The minimum Gasteiger partial charge on any atom is -0.323 e. The lowest BCUT2D eigenvalue weighted by Gasteiger charge is -2.05. The highest BCUT2D eigenvalue weighted by Gasteiger charge is 2.05. The molecule has 0 aliphatic rings. The Hall–Kier alpha value is -0.740. The molecule has 0 aliphatic carbocycles. The molecule has 1 heterocycles.